The first kappa shape index (κ1) is 41.4. The van der Waals surface area contributed by atoms with Gasteiger partial charge >= 0.3 is 0 Å². The molecule has 0 aromatic rings. The largest absolute Gasteiger partial charge is 0.396 e. The van der Waals surface area contributed by atoms with Gasteiger partial charge in [-0.1, -0.05) is 95.4 Å². The molecular formula is C38H65F3O2. The highest BCUT2D eigenvalue weighted by Crippen LogP contribution is 2.34. The standard InChI is InChI=1S/C13H24.C8H12F2O.C7H11F.C6H10.C4H8O/c1-3-7-12(8-4-1)11-13-9-5-2-6-10-13;1-7(9)4-5-8(10)3-2-6-11;1-3-5-7(8)6-4-2;1-2-4-6-5-3-1;1-2-4-5-3-1/h12-13H,1-11H2;4-5,11H,2-3,6H2,1H3;3,6H,1,4-5H2,2H3;1-2H,3-6H2;1-4H2/b;7-4-,8-5-;7-6-;;. The Morgan fingerprint density at radius 1 is 0.791 bits per heavy atom. The van der Waals surface area contributed by atoms with Crippen LogP contribution in [0.2, 0.25) is 0 Å². The van der Waals surface area contributed by atoms with E-state index in [2.05, 4.69) is 18.7 Å². The first-order chi connectivity index (χ1) is 20.9. The molecule has 0 radical (unpaired) electrons. The average molecular weight is 611 g/mol. The Balaban J connectivity index is 0.000000535. The number of aliphatic hydroxyl groups is 1. The molecule has 0 aromatic carbocycles. The number of hydrogen-bond acceptors (Lipinski definition) is 2. The summed E-state index contributed by atoms with van der Waals surface area (Å²) in [4.78, 5) is 0. The Kier molecular flexibility index (Phi) is 30.6. The molecule has 5 heteroatoms. The van der Waals surface area contributed by atoms with Crippen LogP contribution in [0.5, 0.6) is 0 Å². The molecule has 4 aliphatic rings. The molecule has 1 aliphatic heterocycles. The Morgan fingerprint density at radius 2 is 1.33 bits per heavy atom. The fraction of sp³-hybridized carbons (Fsp3) is 0.737. The summed E-state index contributed by atoms with van der Waals surface area (Å²) in [6.07, 6.45) is 36.4. The second-order valence-corrected chi connectivity index (χ2v) is 12.1. The minimum Gasteiger partial charge on any atom is -0.396 e. The van der Waals surface area contributed by atoms with Gasteiger partial charge in [0.2, 0.25) is 0 Å². The number of rotatable bonds is 9. The quantitative estimate of drug-likeness (QED) is 0.208. The molecule has 2 saturated carbocycles. The van der Waals surface area contributed by atoms with Crippen LogP contribution in [0.15, 0.2) is 60.5 Å². The molecule has 0 aromatic heterocycles. The lowest BCUT2D eigenvalue weighted by molar-refractivity contribution is 0.198. The number of hydrogen-bond donors (Lipinski definition) is 1. The van der Waals surface area contributed by atoms with Crippen LogP contribution in [-0.2, 0) is 4.74 Å². The zero-order valence-electron chi connectivity index (χ0n) is 27.8. The average Bonchev–Trinajstić information content (AvgIpc) is 3.63. The van der Waals surface area contributed by atoms with E-state index in [-0.39, 0.29) is 18.9 Å². The van der Waals surface area contributed by atoms with Gasteiger partial charge in [0.15, 0.2) is 0 Å². The highest BCUT2D eigenvalue weighted by atomic mass is 19.1. The minimum absolute atomic E-state index is 0.0421. The fourth-order valence-electron chi connectivity index (χ4n) is 5.57. The Morgan fingerprint density at radius 3 is 1.67 bits per heavy atom. The molecular weight excluding hydrogens is 545 g/mol. The van der Waals surface area contributed by atoms with Crippen molar-refractivity contribution in [1.29, 1.82) is 0 Å². The number of aliphatic hydroxyl groups excluding tert-OH is 1. The van der Waals surface area contributed by atoms with E-state index < -0.39 is 11.7 Å². The Labute approximate surface area is 263 Å². The zero-order chi connectivity index (χ0) is 31.8. The number of ether oxygens (including phenoxy) is 1. The van der Waals surface area contributed by atoms with E-state index in [1.54, 1.807) is 44.3 Å². The lowest BCUT2D eigenvalue weighted by Crippen LogP contribution is -2.14. The van der Waals surface area contributed by atoms with Crippen LogP contribution < -0.4 is 0 Å². The molecule has 0 spiro atoms. The molecule has 1 saturated heterocycles. The summed E-state index contributed by atoms with van der Waals surface area (Å²) in [7, 11) is 0. The predicted octanol–water partition coefficient (Wildman–Crippen LogP) is 12.8. The zero-order valence-corrected chi connectivity index (χ0v) is 27.8. The summed E-state index contributed by atoms with van der Waals surface area (Å²) in [5.74, 6) is 1.33. The van der Waals surface area contributed by atoms with Gasteiger partial charge in [-0.3, -0.25) is 0 Å². The lowest BCUT2D eigenvalue weighted by Gasteiger charge is -2.28. The molecule has 2 nitrogen and oxygen atoms in total. The number of halogens is 3. The van der Waals surface area contributed by atoms with Gasteiger partial charge < -0.3 is 9.84 Å². The maximum Gasteiger partial charge on any atom is 0.100 e. The third kappa shape index (κ3) is 30.2. The van der Waals surface area contributed by atoms with E-state index in [4.69, 9.17) is 9.84 Å². The van der Waals surface area contributed by atoms with Crippen molar-refractivity contribution in [3.05, 3.63) is 60.5 Å². The van der Waals surface area contributed by atoms with Crippen molar-refractivity contribution < 1.29 is 23.0 Å². The van der Waals surface area contributed by atoms with Crippen LogP contribution in [0.1, 0.15) is 149 Å². The van der Waals surface area contributed by atoms with E-state index in [0.29, 0.717) is 12.8 Å². The van der Waals surface area contributed by atoms with Crippen molar-refractivity contribution in [1.82, 2.24) is 0 Å². The fourth-order valence-corrected chi connectivity index (χ4v) is 5.57. The maximum absolute atomic E-state index is 12.5. The van der Waals surface area contributed by atoms with Crippen molar-refractivity contribution >= 4 is 0 Å². The molecule has 43 heavy (non-hydrogen) atoms. The molecule has 1 N–H and O–H groups in total. The van der Waals surface area contributed by atoms with Gasteiger partial charge in [0.1, 0.15) is 5.83 Å². The second kappa shape index (κ2) is 31.8. The van der Waals surface area contributed by atoms with E-state index in [1.165, 1.54) is 84.0 Å². The van der Waals surface area contributed by atoms with Gasteiger partial charge in [-0.05, 0) is 88.7 Å². The first-order valence-electron chi connectivity index (χ1n) is 17.4. The Hall–Kier alpha value is -1.59. The van der Waals surface area contributed by atoms with E-state index in [9.17, 15) is 13.2 Å². The van der Waals surface area contributed by atoms with E-state index in [0.717, 1.165) is 43.6 Å². The summed E-state index contributed by atoms with van der Waals surface area (Å²) in [5.41, 5.74) is 0. The third-order valence-electron chi connectivity index (χ3n) is 7.93. The summed E-state index contributed by atoms with van der Waals surface area (Å²) >= 11 is 0. The molecule has 0 atom stereocenters. The number of allylic oxidation sites excluding steroid dienone is 9. The van der Waals surface area contributed by atoms with Gasteiger partial charge in [0.25, 0.3) is 0 Å². The molecule has 0 unspecified atom stereocenters. The topological polar surface area (TPSA) is 29.5 Å². The van der Waals surface area contributed by atoms with Gasteiger partial charge in [0, 0.05) is 32.7 Å². The first-order valence-corrected chi connectivity index (χ1v) is 17.4. The maximum atomic E-state index is 12.5. The van der Waals surface area contributed by atoms with Crippen molar-refractivity contribution in [2.45, 2.75) is 149 Å². The van der Waals surface area contributed by atoms with E-state index >= 15 is 0 Å². The third-order valence-corrected chi connectivity index (χ3v) is 7.93. The SMILES string of the molecule is C/C(F)=C/C=C(\F)CCCO.C1=CCCCC1.C1CCC(CC2CCCCC2)CC1.C1CCOC1.C=CC/C(F)=C/CC. The summed E-state index contributed by atoms with van der Waals surface area (Å²) in [6.45, 7) is 8.51. The molecule has 4 rings (SSSR count). The van der Waals surface area contributed by atoms with Gasteiger partial charge in [-0.25, -0.2) is 13.2 Å². The van der Waals surface area contributed by atoms with Gasteiger partial charge in [0.05, 0.1) is 11.7 Å². The van der Waals surface area contributed by atoms with Crippen LogP contribution in [-0.4, -0.2) is 24.9 Å². The van der Waals surface area contributed by atoms with Gasteiger partial charge in [-0.2, -0.15) is 0 Å². The van der Waals surface area contributed by atoms with Crippen LogP contribution in [0.3, 0.4) is 0 Å². The molecule has 250 valence electrons. The Bertz CT molecular complexity index is 705. The summed E-state index contributed by atoms with van der Waals surface area (Å²) < 4.78 is 41.6. The van der Waals surface area contributed by atoms with Crippen LogP contribution in [0, 0.1) is 11.8 Å². The smallest absolute Gasteiger partial charge is 0.100 e. The normalized spacial score (nSPS) is 19.8. The molecule has 3 fully saturated rings. The summed E-state index contributed by atoms with van der Waals surface area (Å²) in [6, 6.07) is 0. The molecule has 3 aliphatic carbocycles. The predicted molar refractivity (Wildman–Crippen MR) is 180 cm³/mol. The van der Waals surface area contributed by atoms with E-state index in [1.807, 2.05) is 6.92 Å². The second-order valence-electron chi connectivity index (χ2n) is 12.1. The van der Waals surface area contributed by atoms with Crippen molar-refractivity contribution in [3.8, 4) is 0 Å². The van der Waals surface area contributed by atoms with Crippen molar-refractivity contribution in [3.63, 3.8) is 0 Å². The highest BCUT2D eigenvalue weighted by Gasteiger charge is 2.20. The van der Waals surface area contributed by atoms with Crippen molar-refractivity contribution in [2.24, 2.45) is 11.8 Å². The van der Waals surface area contributed by atoms with Crippen LogP contribution in [0.25, 0.3) is 0 Å². The van der Waals surface area contributed by atoms with Crippen LogP contribution >= 0.6 is 0 Å². The molecule has 0 amide bonds. The van der Waals surface area contributed by atoms with Gasteiger partial charge in [-0.15, -0.1) is 6.58 Å². The van der Waals surface area contributed by atoms with Crippen LogP contribution in [0.4, 0.5) is 13.2 Å². The minimum atomic E-state index is -0.427. The van der Waals surface area contributed by atoms with Crippen molar-refractivity contribution in [2.75, 3.05) is 19.8 Å². The lowest BCUT2D eigenvalue weighted by atomic mass is 9.78. The molecule has 1 heterocycles. The monoisotopic (exact) mass is 610 g/mol. The highest BCUT2D eigenvalue weighted by molar-refractivity contribution is 5.09. The summed E-state index contributed by atoms with van der Waals surface area (Å²) in [5, 5.41) is 8.31. The molecule has 0 bridgehead atoms.